The van der Waals surface area contributed by atoms with E-state index < -0.39 is 0 Å². The van der Waals surface area contributed by atoms with Crippen molar-refractivity contribution in [1.29, 1.82) is 0 Å². The maximum atomic E-state index is 4.46. The first-order chi connectivity index (χ1) is 8.06. The van der Waals surface area contributed by atoms with E-state index >= 15 is 0 Å². The summed E-state index contributed by atoms with van der Waals surface area (Å²) >= 11 is 0. The van der Waals surface area contributed by atoms with Crippen molar-refractivity contribution >= 4 is 29.9 Å². The minimum absolute atomic E-state index is 0. The lowest BCUT2D eigenvalue weighted by atomic mass is 10.2. The van der Waals surface area contributed by atoms with Crippen LogP contribution in [0.25, 0.3) is 0 Å². The summed E-state index contributed by atoms with van der Waals surface area (Å²) in [5.74, 6) is 1.32. The van der Waals surface area contributed by atoms with Crippen molar-refractivity contribution in [3.05, 3.63) is 17.5 Å². The van der Waals surface area contributed by atoms with E-state index in [2.05, 4.69) is 45.3 Å². The fourth-order valence-corrected chi connectivity index (χ4v) is 1.77. The van der Waals surface area contributed by atoms with Crippen molar-refractivity contribution in [2.45, 2.75) is 27.3 Å². The molecule has 0 amide bonds. The molecule has 0 radical (unpaired) electrons. The Morgan fingerprint density at radius 1 is 1.50 bits per heavy atom. The number of aryl methyl sites for hydroxylation is 2. The first-order valence-electron chi connectivity index (χ1n) is 5.96. The molecule has 0 saturated carbocycles. The molecule has 2 N–H and O–H groups in total. The van der Waals surface area contributed by atoms with Crippen molar-refractivity contribution in [1.82, 2.24) is 20.4 Å². The Morgan fingerprint density at radius 2 is 2.17 bits per heavy atom. The Bertz CT molecular complexity index is 386. The van der Waals surface area contributed by atoms with Gasteiger partial charge in [0.2, 0.25) is 0 Å². The number of halogens is 1. The maximum Gasteiger partial charge on any atom is 0.190 e. The smallest absolute Gasteiger partial charge is 0.190 e. The van der Waals surface area contributed by atoms with Gasteiger partial charge in [-0.25, -0.2) is 0 Å². The van der Waals surface area contributed by atoms with Gasteiger partial charge in [-0.05, 0) is 25.8 Å². The lowest BCUT2D eigenvalue weighted by Gasteiger charge is -2.15. The lowest BCUT2D eigenvalue weighted by molar-refractivity contribution is 0.436. The zero-order valence-corrected chi connectivity index (χ0v) is 14.1. The van der Waals surface area contributed by atoms with Crippen LogP contribution in [-0.4, -0.2) is 36.4 Å². The molecule has 5 nitrogen and oxygen atoms in total. The topological polar surface area (TPSA) is 54.2 Å². The fourth-order valence-electron chi connectivity index (χ4n) is 1.77. The van der Waals surface area contributed by atoms with Gasteiger partial charge in [0.25, 0.3) is 0 Å². The molecule has 6 heteroatoms. The predicted molar refractivity (Wildman–Crippen MR) is 86.7 cm³/mol. The van der Waals surface area contributed by atoms with Gasteiger partial charge in [-0.1, -0.05) is 6.92 Å². The van der Waals surface area contributed by atoms with Gasteiger partial charge in [0, 0.05) is 32.9 Å². The molecule has 0 aliphatic carbocycles. The van der Waals surface area contributed by atoms with Gasteiger partial charge in [0.05, 0.1) is 5.69 Å². The minimum Gasteiger partial charge on any atom is -0.359 e. The van der Waals surface area contributed by atoms with Crippen LogP contribution in [0, 0.1) is 19.8 Å². The van der Waals surface area contributed by atoms with Gasteiger partial charge in [0.1, 0.15) is 0 Å². The number of hydrogen-bond acceptors (Lipinski definition) is 2. The quantitative estimate of drug-likeness (QED) is 0.484. The summed E-state index contributed by atoms with van der Waals surface area (Å²) in [6.07, 6.45) is 0. The average molecular weight is 365 g/mol. The Hall–Kier alpha value is -0.790. The third-order valence-electron chi connectivity index (χ3n) is 2.67. The molecule has 0 aromatic carbocycles. The van der Waals surface area contributed by atoms with Gasteiger partial charge >= 0.3 is 0 Å². The van der Waals surface area contributed by atoms with Crippen LogP contribution in [0.4, 0.5) is 0 Å². The summed E-state index contributed by atoms with van der Waals surface area (Å²) in [5.41, 5.74) is 2.29. The summed E-state index contributed by atoms with van der Waals surface area (Å²) in [6, 6.07) is 2.10. The minimum atomic E-state index is 0. The predicted octanol–water partition coefficient (Wildman–Crippen LogP) is 1.55. The van der Waals surface area contributed by atoms with E-state index in [1.165, 1.54) is 5.69 Å². The largest absolute Gasteiger partial charge is 0.359 e. The van der Waals surface area contributed by atoms with E-state index in [1.807, 2.05) is 14.0 Å². The summed E-state index contributed by atoms with van der Waals surface area (Å²) in [4.78, 5) is 4.08. The van der Waals surface area contributed by atoms with E-state index in [-0.39, 0.29) is 24.0 Å². The van der Waals surface area contributed by atoms with Crippen LogP contribution in [0.2, 0.25) is 0 Å². The highest BCUT2D eigenvalue weighted by Gasteiger charge is 2.07. The standard InChI is InChI=1S/C12H23N5.HI/c1-9(7-15-12(13-4)14-5)8-17-11(3)6-10(2)16-17;/h6,9H,7-8H2,1-5H3,(H2,13,14,15);1H. The summed E-state index contributed by atoms with van der Waals surface area (Å²) in [5, 5.41) is 10.7. The van der Waals surface area contributed by atoms with Crippen LogP contribution in [0.5, 0.6) is 0 Å². The highest BCUT2D eigenvalue weighted by molar-refractivity contribution is 14.0. The van der Waals surface area contributed by atoms with Crippen molar-refractivity contribution in [3.8, 4) is 0 Å². The van der Waals surface area contributed by atoms with Crippen molar-refractivity contribution < 1.29 is 0 Å². The van der Waals surface area contributed by atoms with E-state index in [1.54, 1.807) is 7.05 Å². The molecule has 1 heterocycles. The molecule has 0 aliphatic rings. The van der Waals surface area contributed by atoms with Gasteiger partial charge in [-0.3, -0.25) is 9.67 Å². The summed E-state index contributed by atoms with van der Waals surface area (Å²) in [6.45, 7) is 8.12. The van der Waals surface area contributed by atoms with Crippen LogP contribution in [0.15, 0.2) is 11.1 Å². The number of hydrogen-bond donors (Lipinski definition) is 2. The number of rotatable bonds is 4. The second kappa shape index (κ2) is 8.34. The summed E-state index contributed by atoms with van der Waals surface area (Å²) < 4.78 is 2.06. The van der Waals surface area contributed by atoms with E-state index in [9.17, 15) is 0 Å². The number of aromatic nitrogens is 2. The van der Waals surface area contributed by atoms with Crippen molar-refractivity contribution in [2.75, 3.05) is 20.6 Å². The number of aliphatic imine (C=N–C) groups is 1. The molecule has 104 valence electrons. The molecule has 0 spiro atoms. The molecule has 1 aromatic rings. The Balaban J connectivity index is 0.00000289. The molecule has 0 aliphatic heterocycles. The highest BCUT2D eigenvalue weighted by atomic mass is 127. The van der Waals surface area contributed by atoms with Crippen LogP contribution in [-0.2, 0) is 6.54 Å². The Kier molecular flexibility index (Phi) is 7.97. The second-order valence-corrected chi connectivity index (χ2v) is 4.42. The second-order valence-electron chi connectivity index (χ2n) is 4.42. The molecular weight excluding hydrogens is 341 g/mol. The van der Waals surface area contributed by atoms with Gasteiger partial charge in [-0.15, -0.1) is 24.0 Å². The molecule has 0 saturated heterocycles. The van der Waals surface area contributed by atoms with Crippen LogP contribution >= 0.6 is 24.0 Å². The van der Waals surface area contributed by atoms with Crippen molar-refractivity contribution in [3.63, 3.8) is 0 Å². The third-order valence-corrected chi connectivity index (χ3v) is 2.67. The zero-order valence-electron chi connectivity index (χ0n) is 11.8. The molecule has 0 bridgehead atoms. The SMILES string of the molecule is CN=C(NC)NCC(C)Cn1nc(C)cc1C.I. The number of nitrogens with zero attached hydrogens (tertiary/aromatic N) is 3. The van der Waals surface area contributed by atoms with Crippen molar-refractivity contribution in [2.24, 2.45) is 10.9 Å². The van der Waals surface area contributed by atoms with E-state index in [4.69, 9.17) is 0 Å². The zero-order chi connectivity index (χ0) is 12.8. The Morgan fingerprint density at radius 3 is 2.61 bits per heavy atom. The number of guanidine groups is 1. The first kappa shape index (κ1) is 17.2. The molecule has 1 aromatic heterocycles. The van der Waals surface area contributed by atoms with Gasteiger partial charge < -0.3 is 10.6 Å². The van der Waals surface area contributed by atoms with Gasteiger partial charge in [-0.2, -0.15) is 5.10 Å². The molecular formula is C12H24IN5. The monoisotopic (exact) mass is 365 g/mol. The molecule has 1 atom stereocenters. The normalized spacial score (nSPS) is 12.8. The molecule has 1 rings (SSSR count). The van der Waals surface area contributed by atoms with Crippen LogP contribution < -0.4 is 10.6 Å². The van der Waals surface area contributed by atoms with Gasteiger partial charge in [0.15, 0.2) is 5.96 Å². The number of nitrogens with one attached hydrogen (secondary N) is 2. The summed E-state index contributed by atoms with van der Waals surface area (Å²) in [7, 11) is 3.63. The Labute approximate surface area is 126 Å². The van der Waals surface area contributed by atoms with E-state index in [0.29, 0.717) is 5.92 Å². The fraction of sp³-hybridized carbons (Fsp3) is 0.667. The van der Waals surface area contributed by atoms with Crippen LogP contribution in [0.1, 0.15) is 18.3 Å². The highest BCUT2D eigenvalue weighted by Crippen LogP contribution is 2.05. The molecule has 1 unspecified atom stereocenters. The first-order valence-corrected chi connectivity index (χ1v) is 5.96. The lowest BCUT2D eigenvalue weighted by Crippen LogP contribution is -2.38. The average Bonchev–Trinajstić information content (AvgIpc) is 2.59. The third kappa shape index (κ3) is 5.24. The van der Waals surface area contributed by atoms with Crippen LogP contribution in [0.3, 0.4) is 0 Å². The molecule has 18 heavy (non-hydrogen) atoms. The molecule has 0 fully saturated rings. The van der Waals surface area contributed by atoms with E-state index in [0.717, 1.165) is 24.7 Å². The maximum absolute atomic E-state index is 4.46.